The van der Waals surface area contributed by atoms with Gasteiger partial charge in [0.25, 0.3) is 5.56 Å². The highest BCUT2D eigenvalue weighted by Crippen LogP contribution is 2.28. The fourth-order valence-electron chi connectivity index (χ4n) is 3.95. The monoisotopic (exact) mass is 474 g/mol. The summed E-state index contributed by atoms with van der Waals surface area (Å²) < 4.78 is 30.6. The van der Waals surface area contributed by atoms with E-state index in [1.165, 1.54) is 33.3 Å². The van der Waals surface area contributed by atoms with Gasteiger partial charge in [0.2, 0.25) is 15.9 Å². The van der Waals surface area contributed by atoms with Crippen LogP contribution < -0.4 is 10.9 Å². The second-order valence-corrected chi connectivity index (χ2v) is 9.98. The van der Waals surface area contributed by atoms with E-state index in [9.17, 15) is 18.0 Å². The zero-order valence-corrected chi connectivity index (χ0v) is 19.2. The first-order valence-electron chi connectivity index (χ1n) is 10.1. The number of aromatic nitrogens is 2. The molecule has 1 N–H and O–H groups in total. The summed E-state index contributed by atoms with van der Waals surface area (Å²) >= 11 is 5.87. The Labute approximate surface area is 191 Å². The highest BCUT2D eigenvalue weighted by atomic mass is 35.5. The third-order valence-electron chi connectivity index (χ3n) is 5.73. The van der Waals surface area contributed by atoms with E-state index in [1.807, 2.05) is 18.2 Å². The van der Waals surface area contributed by atoms with Crippen molar-refractivity contribution in [1.29, 1.82) is 0 Å². The predicted octanol–water partition coefficient (Wildman–Crippen LogP) is 2.93. The lowest BCUT2D eigenvalue weighted by atomic mass is 10.2. The number of nitrogens with one attached hydrogen (secondary N) is 1. The first-order chi connectivity index (χ1) is 15.2. The molecule has 3 aromatic rings. The molecule has 1 amide bonds. The van der Waals surface area contributed by atoms with E-state index in [0.29, 0.717) is 29.2 Å². The lowest BCUT2D eigenvalue weighted by Crippen LogP contribution is -2.43. The molecule has 0 spiro atoms. The molecule has 0 unspecified atom stereocenters. The number of benzene rings is 2. The van der Waals surface area contributed by atoms with Crippen molar-refractivity contribution in [3.8, 4) is 5.69 Å². The van der Waals surface area contributed by atoms with Gasteiger partial charge in [-0.3, -0.25) is 14.3 Å². The minimum absolute atomic E-state index is 0.0731. The minimum Gasteiger partial charge on any atom is -0.319 e. The summed E-state index contributed by atoms with van der Waals surface area (Å²) in [5, 5.41) is 3.12. The fourth-order valence-corrected chi connectivity index (χ4v) is 5.73. The van der Waals surface area contributed by atoms with Crippen molar-refractivity contribution in [2.45, 2.75) is 30.7 Å². The average molecular weight is 475 g/mol. The summed E-state index contributed by atoms with van der Waals surface area (Å²) in [6.07, 6.45) is 0.921. The zero-order chi connectivity index (χ0) is 23.0. The Hall–Kier alpha value is -2.88. The summed E-state index contributed by atoms with van der Waals surface area (Å²) in [7, 11) is -2.15. The van der Waals surface area contributed by atoms with Crippen molar-refractivity contribution in [1.82, 2.24) is 13.7 Å². The number of nitrogens with zero attached hydrogens (tertiary/aromatic N) is 3. The Bertz CT molecular complexity index is 1310. The van der Waals surface area contributed by atoms with Crippen LogP contribution in [0.25, 0.3) is 5.69 Å². The molecule has 0 saturated carbocycles. The summed E-state index contributed by atoms with van der Waals surface area (Å²) in [5.74, 6) is -0.522. The van der Waals surface area contributed by atoms with Gasteiger partial charge in [0.15, 0.2) is 0 Å². The molecule has 0 aliphatic carbocycles. The van der Waals surface area contributed by atoms with Crippen LogP contribution in [0.15, 0.2) is 64.3 Å². The molecule has 168 valence electrons. The van der Waals surface area contributed by atoms with Gasteiger partial charge in [-0.15, -0.1) is 0 Å². The molecule has 0 radical (unpaired) electrons. The van der Waals surface area contributed by atoms with Crippen LogP contribution in [-0.4, -0.2) is 40.6 Å². The molecule has 8 nitrogen and oxygen atoms in total. The number of halogens is 1. The quantitative estimate of drug-likeness (QED) is 0.615. The lowest BCUT2D eigenvalue weighted by Gasteiger charge is -2.23. The first-order valence-corrected chi connectivity index (χ1v) is 12.0. The Balaban J connectivity index is 1.63. The second-order valence-electron chi connectivity index (χ2n) is 7.65. The number of hydrogen-bond acceptors (Lipinski definition) is 4. The molecule has 0 bridgehead atoms. The van der Waals surface area contributed by atoms with E-state index in [4.69, 9.17) is 11.6 Å². The SMILES string of the molecule is Cc1c(NC(=O)[C@@H]2CCCN2S(=O)(=O)c2ccc(Cl)cc2)c(=O)n(-c2ccccc2)n1C. The maximum Gasteiger partial charge on any atom is 0.295 e. The van der Waals surface area contributed by atoms with Gasteiger partial charge >= 0.3 is 0 Å². The fraction of sp³-hybridized carbons (Fsp3) is 0.273. The molecule has 1 aliphatic heterocycles. The molecule has 1 aliphatic rings. The van der Waals surface area contributed by atoms with Gasteiger partial charge in [0, 0.05) is 18.6 Å². The Morgan fingerprint density at radius 2 is 1.75 bits per heavy atom. The van der Waals surface area contributed by atoms with Crippen molar-refractivity contribution < 1.29 is 13.2 Å². The van der Waals surface area contributed by atoms with E-state index in [0.717, 1.165) is 0 Å². The number of para-hydroxylation sites is 1. The van der Waals surface area contributed by atoms with Crippen molar-refractivity contribution in [2.75, 3.05) is 11.9 Å². The normalized spacial score (nSPS) is 16.9. The number of sulfonamides is 1. The van der Waals surface area contributed by atoms with Crippen LogP contribution in [0, 0.1) is 6.92 Å². The van der Waals surface area contributed by atoms with E-state index in [-0.39, 0.29) is 22.7 Å². The molecule has 1 saturated heterocycles. The van der Waals surface area contributed by atoms with Gasteiger partial charge in [-0.2, -0.15) is 4.31 Å². The van der Waals surface area contributed by atoms with E-state index in [1.54, 1.807) is 30.8 Å². The van der Waals surface area contributed by atoms with Crippen molar-refractivity contribution in [3.63, 3.8) is 0 Å². The number of hydrogen-bond donors (Lipinski definition) is 1. The van der Waals surface area contributed by atoms with Crippen molar-refractivity contribution in [3.05, 3.63) is 75.7 Å². The third-order valence-corrected chi connectivity index (χ3v) is 7.90. The molecular weight excluding hydrogens is 452 g/mol. The maximum atomic E-state index is 13.1. The molecular formula is C22H23ClN4O4S. The second kappa shape index (κ2) is 8.57. The molecule has 1 atom stereocenters. The molecule has 1 aromatic heterocycles. The van der Waals surface area contributed by atoms with Crippen LogP contribution in [0.5, 0.6) is 0 Å². The number of amides is 1. The number of carbonyl (C=O) groups is 1. The topological polar surface area (TPSA) is 93.4 Å². The molecule has 2 heterocycles. The van der Waals surface area contributed by atoms with Crippen LogP contribution in [0.2, 0.25) is 5.02 Å². The van der Waals surface area contributed by atoms with E-state index >= 15 is 0 Å². The molecule has 32 heavy (non-hydrogen) atoms. The summed E-state index contributed by atoms with van der Waals surface area (Å²) in [6, 6.07) is 14.0. The number of anilines is 1. The first kappa shape index (κ1) is 22.3. The van der Waals surface area contributed by atoms with Crippen LogP contribution in [0.4, 0.5) is 5.69 Å². The molecule has 4 rings (SSSR count). The highest BCUT2D eigenvalue weighted by Gasteiger charge is 2.40. The van der Waals surface area contributed by atoms with Crippen LogP contribution in [0.3, 0.4) is 0 Å². The van der Waals surface area contributed by atoms with Gasteiger partial charge in [-0.1, -0.05) is 29.8 Å². The lowest BCUT2D eigenvalue weighted by molar-refractivity contribution is -0.119. The van der Waals surface area contributed by atoms with Crippen LogP contribution in [0.1, 0.15) is 18.5 Å². The van der Waals surface area contributed by atoms with Gasteiger partial charge in [0.05, 0.1) is 16.3 Å². The summed E-state index contributed by atoms with van der Waals surface area (Å²) in [4.78, 5) is 26.3. The minimum atomic E-state index is -3.88. The highest BCUT2D eigenvalue weighted by molar-refractivity contribution is 7.89. The van der Waals surface area contributed by atoms with Gasteiger partial charge in [-0.05, 0) is 56.2 Å². The molecule has 2 aromatic carbocycles. The average Bonchev–Trinajstić information content (AvgIpc) is 3.35. The van der Waals surface area contributed by atoms with Crippen LogP contribution in [-0.2, 0) is 21.9 Å². The number of carbonyl (C=O) groups excluding carboxylic acids is 1. The Morgan fingerprint density at radius 1 is 1.09 bits per heavy atom. The Kier molecular flexibility index (Phi) is 5.98. The van der Waals surface area contributed by atoms with Crippen molar-refractivity contribution >= 4 is 33.2 Å². The summed E-state index contributed by atoms with van der Waals surface area (Å²) in [6.45, 7) is 1.96. The van der Waals surface area contributed by atoms with Crippen LogP contribution >= 0.6 is 11.6 Å². The predicted molar refractivity (Wildman–Crippen MR) is 123 cm³/mol. The Morgan fingerprint density at radius 3 is 2.41 bits per heavy atom. The third kappa shape index (κ3) is 3.87. The van der Waals surface area contributed by atoms with E-state index in [2.05, 4.69) is 5.32 Å². The maximum absolute atomic E-state index is 13.1. The molecule has 1 fully saturated rings. The molecule has 10 heteroatoms. The summed E-state index contributed by atoms with van der Waals surface area (Å²) in [5.41, 5.74) is 0.987. The van der Waals surface area contributed by atoms with Gasteiger partial charge in [-0.25, -0.2) is 13.1 Å². The standard InChI is InChI=1S/C22H23ClN4O4S/c1-15-20(22(29)27(25(15)2)17-7-4-3-5-8-17)24-21(28)19-9-6-14-26(19)32(30,31)18-12-10-16(23)11-13-18/h3-5,7-8,10-13,19H,6,9,14H2,1-2H3,(H,24,28)/t19-/m0/s1. The largest absolute Gasteiger partial charge is 0.319 e. The van der Waals surface area contributed by atoms with E-state index < -0.39 is 22.0 Å². The zero-order valence-electron chi connectivity index (χ0n) is 17.7. The van der Waals surface area contributed by atoms with Gasteiger partial charge < -0.3 is 5.32 Å². The van der Waals surface area contributed by atoms with Crippen molar-refractivity contribution in [2.24, 2.45) is 7.05 Å². The smallest absolute Gasteiger partial charge is 0.295 e. The number of rotatable bonds is 5. The van der Waals surface area contributed by atoms with Gasteiger partial charge in [0.1, 0.15) is 11.7 Å².